The Labute approximate surface area is 163 Å². The van der Waals surface area contributed by atoms with Crippen LogP contribution in [0.25, 0.3) is 0 Å². The highest BCUT2D eigenvalue weighted by Gasteiger charge is 2.32. The summed E-state index contributed by atoms with van der Waals surface area (Å²) in [6.45, 7) is 1.92. The molecule has 0 bridgehead atoms. The molecule has 1 heterocycles. The third kappa shape index (κ3) is 4.05. The average molecular weight is 403 g/mol. The van der Waals surface area contributed by atoms with Gasteiger partial charge in [0, 0.05) is 36.3 Å². The Morgan fingerprint density at radius 1 is 1.11 bits per heavy atom. The summed E-state index contributed by atoms with van der Waals surface area (Å²) in [5, 5.41) is 14.0. The molecule has 0 radical (unpaired) electrons. The maximum absolute atomic E-state index is 12.9. The molecule has 8 nitrogen and oxygen atoms in total. The van der Waals surface area contributed by atoms with Gasteiger partial charge in [0.05, 0.1) is 9.82 Å². The lowest BCUT2D eigenvalue weighted by Crippen LogP contribution is -2.46. The van der Waals surface area contributed by atoms with Crippen molar-refractivity contribution in [1.29, 1.82) is 0 Å². The molecule has 0 unspecified atom stereocenters. The summed E-state index contributed by atoms with van der Waals surface area (Å²) < 4.78 is 27.2. The van der Waals surface area contributed by atoms with Crippen molar-refractivity contribution in [3.8, 4) is 0 Å². The van der Waals surface area contributed by atoms with Crippen LogP contribution in [-0.2, 0) is 10.0 Å². The Morgan fingerprint density at radius 3 is 2.36 bits per heavy atom. The molecule has 0 aliphatic carbocycles. The van der Waals surface area contributed by atoms with E-state index in [-0.39, 0.29) is 41.2 Å². The van der Waals surface area contributed by atoms with Gasteiger partial charge in [-0.2, -0.15) is 4.31 Å². The number of benzene rings is 2. The van der Waals surface area contributed by atoms with Crippen molar-refractivity contribution >= 4 is 21.6 Å². The predicted octanol–water partition coefficient (Wildman–Crippen LogP) is 2.49. The summed E-state index contributed by atoms with van der Waals surface area (Å²) in [6.07, 6.45) is 0.956. The molecular weight excluding hydrogens is 382 g/mol. The molecule has 2 aromatic carbocycles. The van der Waals surface area contributed by atoms with Crippen molar-refractivity contribution in [1.82, 2.24) is 9.62 Å². The summed E-state index contributed by atoms with van der Waals surface area (Å²) in [5.41, 5.74) is 0.475. The fraction of sp³-hybridized carbons (Fsp3) is 0.316. The molecule has 1 aliphatic heterocycles. The first-order chi connectivity index (χ1) is 13.3. The van der Waals surface area contributed by atoms with Gasteiger partial charge in [0.2, 0.25) is 10.0 Å². The number of carbonyl (C=O) groups excluding carboxylic acids is 1. The largest absolute Gasteiger partial charge is 0.349 e. The summed E-state index contributed by atoms with van der Waals surface area (Å²) >= 11 is 0. The second-order valence-corrected chi connectivity index (χ2v) is 8.58. The Kier molecular flexibility index (Phi) is 5.76. The summed E-state index contributed by atoms with van der Waals surface area (Å²) in [5.74, 6) is -0.184. The van der Waals surface area contributed by atoms with Crippen LogP contribution in [0.1, 0.15) is 28.8 Å². The number of nitro benzene ring substituents is 1. The van der Waals surface area contributed by atoms with E-state index in [0.717, 1.165) is 0 Å². The number of nitrogens with one attached hydrogen (secondary N) is 1. The van der Waals surface area contributed by atoms with Crippen LogP contribution >= 0.6 is 0 Å². The zero-order valence-electron chi connectivity index (χ0n) is 15.4. The van der Waals surface area contributed by atoms with Gasteiger partial charge in [0.1, 0.15) is 0 Å². The number of hydrogen-bond donors (Lipinski definition) is 1. The van der Waals surface area contributed by atoms with Crippen LogP contribution < -0.4 is 5.32 Å². The fourth-order valence-corrected chi connectivity index (χ4v) is 5.03. The van der Waals surface area contributed by atoms with Gasteiger partial charge in [-0.3, -0.25) is 14.9 Å². The van der Waals surface area contributed by atoms with Crippen LogP contribution in [0, 0.1) is 17.0 Å². The van der Waals surface area contributed by atoms with E-state index < -0.39 is 14.9 Å². The van der Waals surface area contributed by atoms with Crippen LogP contribution in [0.2, 0.25) is 0 Å². The third-order valence-electron chi connectivity index (χ3n) is 4.90. The summed E-state index contributed by atoms with van der Waals surface area (Å²) in [4.78, 5) is 22.7. The molecule has 2 aromatic rings. The SMILES string of the molecule is Cc1c([N+](=O)[O-])cccc1S(=O)(=O)N1CCC(NC(=O)c2ccccc2)CC1. The van der Waals surface area contributed by atoms with Crippen LogP contribution in [0.15, 0.2) is 53.4 Å². The number of nitro groups is 1. The molecule has 0 spiro atoms. The van der Waals surface area contributed by atoms with Crippen molar-refractivity contribution < 1.29 is 18.1 Å². The van der Waals surface area contributed by atoms with Gasteiger partial charge in [-0.1, -0.05) is 24.3 Å². The minimum absolute atomic E-state index is 0.0477. The van der Waals surface area contributed by atoms with Crippen molar-refractivity contribution in [3.63, 3.8) is 0 Å². The molecule has 0 atom stereocenters. The molecule has 1 aliphatic rings. The van der Waals surface area contributed by atoms with Crippen LogP contribution in [0.4, 0.5) is 5.69 Å². The minimum atomic E-state index is -3.84. The van der Waals surface area contributed by atoms with E-state index in [2.05, 4.69) is 5.32 Å². The highest BCUT2D eigenvalue weighted by Crippen LogP contribution is 2.28. The topological polar surface area (TPSA) is 110 Å². The third-order valence-corrected chi connectivity index (χ3v) is 6.94. The van der Waals surface area contributed by atoms with E-state index in [9.17, 15) is 23.3 Å². The minimum Gasteiger partial charge on any atom is -0.349 e. The first kappa shape index (κ1) is 20.0. The van der Waals surface area contributed by atoms with Crippen molar-refractivity contribution in [2.24, 2.45) is 0 Å². The van der Waals surface area contributed by atoms with E-state index in [0.29, 0.717) is 18.4 Å². The van der Waals surface area contributed by atoms with Crippen molar-refractivity contribution in [2.75, 3.05) is 13.1 Å². The first-order valence-corrected chi connectivity index (χ1v) is 10.3. The lowest BCUT2D eigenvalue weighted by Gasteiger charge is -2.32. The Bertz CT molecular complexity index is 984. The van der Waals surface area contributed by atoms with E-state index in [1.807, 2.05) is 6.07 Å². The molecule has 1 fully saturated rings. The summed E-state index contributed by atoms with van der Waals surface area (Å²) in [6, 6.07) is 12.8. The molecule has 0 saturated carbocycles. The monoisotopic (exact) mass is 403 g/mol. The van der Waals surface area contributed by atoms with Gasteiger partial charge in [-0.25, -0.2) is 8.42 Å². The summed E-state index contributed by atoms with van der Waals surface area (Å²) in [7, 11) is -3.84. The smallest absolute Gasteiger partial charge is 0.273 e. The van der Waals surface area contributed by atoms with Crippen LogP contribution in [-0.4, -0.2) is 42.7 Å². The second-order valence-electron chi connectivity index (χ2n) is 6.68. The molecule has 1 N–H and O–H groups in total. The molecule has 1 saturated heterocycles. The quantitative estimate of drug-likeness (QED) is 0.609. The van der Waals surface area contributed by atoms with E-state index in [4.69, 9.17) is 0 Å². The number of piperidine rings is 1. The Balaban J connectivity index is 1.68. The number of amides is 1. The molecule has 9 heteroatoms. The number of carbonyl (C=O) groups is 1. The zero-order chi connectivity index (χ0) is 20.3. The second kappa shape index (κ2) is 8.07. The van der Waals surface area contributed by atoms with Gasteiger partial charge in [-0.15, -0.1) is 0 Å². The molecule has 3 rings (SSSR count). The Morgan fingerprint density at radius 2 is 1.75 bits per heavy atom. The standard InChI is InChI=1S/C19H21N3O5S/c1-14-17(22(24)25)8-5-9-18(14)28(26,27)21-12-10-16(11-13-21)20-19(23)15-6-3-2-4-7-15/h2-9,16H,10-13H2,1H3,(H,20,23). The first-order valence-electron chi connectivity index (χ1n) is 8.91. The molecule has 0 aromatic heterocycles. The zero-order valence-corrected chi connectivity index (χ0v) is 16.2. The number of rotatable bonds is 5. The molecule has 28 heavy (non-hydrogen) atoms. The van der Waals surface area contributed by atoms with Gasteiger partial charge in [0.25, 0.3) is 11.6 Å². The number of sulfonamides is 1. The normalized spacial score (nSPS) is 15.9. The molecular formula is C19H21N3O5S. The highest BCUT2D eigenvalue weighted by atomic mass is 32.2. The maximum Gasteiger partial charge on any atom is 0.273 e. The number of nitrogens with zero attached hydrogens (tertiary/aromatic N) is 2. The van der Waals surface area contributed by atoms with Crippen molar-refractivity contribution in [3.05, 3.63) is 69.8 Å². The number of hydrogen-bond acceptors (Lipinski definition) is 5. The highest BCUT2D eigenvalue weighted by molar-refractivity contribution is 7.89. The Hall–Kier alpha value is -2.78. The van der Waals surface area contributed by atoms with Crippen LogP contribution in [0.3, 0.4) is 0 Å². The van der Waals surface area contributed by atoms with Crippen LogP contribution in [0.5, 0.6) is 0 Å². The van der Waals surface area contributed by atoms with Gasteiger partial charge in [-0.05, 0) is 38.0 Å². The van der Waals surface area contributed by atoms with Gasteiger partial charge < -0.3 is 5.32 Å². The lowest BCUT2D eigenvalue weighted by atomic mass is 10.1. The van der Waals surface area contributed by atoms with E-state index in [1.54, 1.807) is 24.3 Å². The average Bonchev–Trinajstić information content (AvgIpc) is 2.69. The van der Waals surface area contributed by atoms with Crippen molar-refractivity contribution in [2.45, 2.75) is 30.7 Å². The fourth-order valence-electron chi connectivity index (χ4n) is 3.32. The maximum atomic E-state index is 12.9. The molecule has 148 valence electrons. The lowest BCUT2D eigenvalue weighted by molar-refractivity contribution is -0.385. The predicted molar refractivity (Wildman–Crippen MR) is 104 cm³/mol. The van der Waals surface area contributed by atoms with E-state index >= 15 is 0 Å². The molecule has 1 amide bonds. The van der Waals surface area contributed by atoms with Gasteiger partial charge in [0.15, 0.2) is 0 Å². The van der Waals surface area contributed by atoms with E-state index in [1.165, 1.54) is 29.4 Å². The van der Waals surface area contributed by atoms with Gasteiger partial charge >= 0.3 is 0 Å².